The summed E-state index contributed by atoms with van der Waals surface area (Å²) in [6.07, 6.45) is 0. The second-order valence-corrected chi connectivity index (χ2v) is 4.77. The lowest BCUT2D eigenvalue weighted by atomic mass is 9.69. The van der Waals surface area contributed by atoms with Crippen molar-refractivity contribution in [3.63, 3.8) is 0 Å². The van der Waals surface area contributed by atoms with E-state index in [1.54, 1.807) is 0 Å². The fourth-order valence-corrected chi connectivity index (χ4v) is 1.91. The fraction of sp³-hybridized carbons (Fsp3) is 0.750. The largest absolute Gasteiger partial charge is 0.112 e. The predicted molar refractivity (Wildman–Crippen MR) is 46.9 cm³/mol. The summed E-state index contributed by atoms with van der Waals surface area (Å²) < 4.78 is 0. The molecule has 58 valence electrons. The van der Waals surface area contributed by atoms with Crippen molar-refractivity contribution < 1.29 is 0 Å². The molecule has 0 aromatic carbocycles. The summed E-state index contributed by atoms with van der Waals surface area (Å²) in [6.45, 7) is 7.99. The Morgan fingerprint density at radius 2 is 1.10 bits per heavy atom. The normalized spacial score (nSPS) is 47.4. The lowest BCUT2D eigenvalue weighted by molar-refractivity contribution is 0.496. The molecule has 2 unspecified atom stereocenters. The van der Waals surface area contributed by atoms with Crippen LogP contribution in [0.4, 0.5) is 0 Å². The second-order valence-electron chi connectivity index (χ2n) is 3.26. The molecular formula is C8H12Cl2. The van der Waals surface area contributed by atoms with Gasteiger partial charge in [0.2, 0.25) is 0 Å². The molecule has 0 saturated carbocycles. The third-order valence-electron chi connectivity index (χ3n) is 2.85. The Balaban J connectivity index is 3.10. The van der Waals surface area contributed by atoms with E-state index < -0.39 is 0 Å². The Morgan fingerprint density at radius 1 is 0.900 bits per heavy atom. The van der Waals surface area contributed by atoms with E-state index in [1.807, 2.05) is 27.7 Å². The third kappa shape index (κ3) is 0.695. The summed E-state index contributed by atoms with van der Waals surface area (Å²) in [5.41, 5.74) is 2.43. The quantitative estimate of drug-likeness (QED) is 0.395. The molecule has 0 heterocycles. The standard InChI is InChI=1S/C8H12Cl2/c1-5-6(2)8(4,10)7(5,3)9/h1-4H3. The molecule has 10 heavy (non-hydrogen) atoms. The molecule has 0 aliphatic heterocycles. The van der Waals surface area contributed by atoms with Crippen LogP contribution in [0.2, 0.25) is 0 Å². The Hall–Kier alpha value is 0.320. The van der Waals surface area contributed by atoms with Crippen molar-refractivity contribution in [1.82, 2.24) is 0 Å². The number of rotatable bonds is 0. The summed E-state index contributed by atoms with van der Waals surface area (Å²) in [5, 5.41) is 0. The average Bonchev–Trinajstić information content (AvgIpc) is 1.84. The maximum Gasteiger partial charge on any atom is 0.0853 e. The Labute approximate surface area is 72.2 Å². The molecule has 0 fully saturated rings. The van der Waals surface area contributed by atoms with Gasteiger partial charge in [-0.25, -0.2) is 0 Å². The summed E-state index contributed by atoms with van der Waals surface area (Å²) in [5.74, 6) is 0. The molecule has 1 aliphatic rings. The average molecular weight is 179 g/mol. The first-order chi connectivity index (χ1) is 4.32. The minimum atomic E-state index is -0.335. The molecule has 0 nitrogen and oxygen atoms in total. The number of halogens is 2. The molecule has 0 saturated heterocycles. The first-order valence-corrected chi connectivity index (χ1v) is 4.13. The van der Waals surface area contributed by atoms with E-state index in [4.69, 9.17) is 23.2 Å². The van der Waals surface area contributed by atoms with Gasteiger partial charge >= 0.3 is 0 Å². The van der Waals surface area contributed by atoms with E-state index in [2.05, 4.69) is 0 Å². The number of allylic oxidation sites excluding steroid dienone is 2. The van der Waals surface area contributed by atoms with Crippen LogP contribution in [0.3, 0.4) is 0 Å². The van der Waals surface area contributed by atoms with E-state index >= 15 is 0 Å². The molecule has 1 rings (SSSR count). The summed E-state index contributed by atoms with van der Waals surface area (Å²) in [6, 6.07) is 0. The van der Waals surface area contributed by atoms with Gasteiger partial charge < -0.3 is 0 Å². The zero-order chi connectivity index (χ0) is 8.15. The van der Waals surface area contributed by atoms with Gasteiger partial charge in [-0.15, -0.1) is 23.2 Å². The Kier molecular flexibility index (Phi) is 1.62. The van der Waals surface area contributed by atoms with Crippen molar-refractivity contribution in [3.8, 4) is 0 Å². The maximum atomic E-state index is 6.15. The summed E-state index contributed by atoms with van der Waals surface area (Å²) in [7, 11) is 0. The highest BCUT2D eigenvalue weighted by molar-refractivity contribution is 6.39. The first kappa shape index (κ1) is 8.42. The molecule has 2 heteroatoms. The highest BCUT2D eigenvalue weighted by Gasteiger charge is 2.53. The lowest BCUT2D eigenvalue weighted by Crippen LogP contribution is -2.52. The molecule has 0 aromatic rings. The Bertz CT molecular complexity index is 177. The van der Waals surface area contributed by atoms with Gasteiger partial charge in [0.15, 0.2) is 0 Å². The third-order valence-corrected chi connectivity index (χ3v) is 4.27. The first-order valence-electron chi connectivity index (χ1n) is 3.38. The van der Waals surface area contributed by atoms with Gasteiger partial charge in [-0.05, 0) is 38.8 Å². The molecular weight excluding hydrogens is 167 g/mol. The van der Waals surface area contributed by atoms with Gasteiger partial charge in [0, 0.05) is 0 Å². The van der Waals surface area contributed by atoms with Crippen LogP contribution in [0.15, 0.2) is 11.1 Å². The van der Waals surface area contributed by atoms with E-state index in [0.29, 0.717) is 0 Å². The van der Waals surface area contributed by atoms with Crippen LogP contribution >= 0.6 is 23.2 Å². The van der Waals surface area contributed by atoms with Crippen LogP contribution in [-0.4, -0.2) is 9.75 Å². The molecule has 0 aromatic heterocycles. The predicted octanol–water partition coefficient (Wildman–Crippen LogP) is 3.33. The number of hydrogen-bond donors (Lipinski definition) is 0. The van der Waals surface area contributed by atoms with Crippen LogP contribution in [0, 0.1) is 0 Å². The van der Waals surface area contributed by atoms with Gasteiger partial charge in [0.05, 0.1) is 9.75 Å². The second kappa shape index (κ2) is 1.92. The van der Waals surface area contributed by atoms with Crippen LogP contribution in [-0.2, 0) is 0 Å². The van der Waals surface area contributed by atoms with Gasteiger partial charge in [-0.3, -0.25) is 0 Å². The van der Waals surface area contributed by atoms with Crippen molar-refractivity contribution in [3.05, 3.63) is 11.1 Å². The zero-order valence-corrected chi connectivity index (χ0v) is 8.27. The van der Waals surface area contributed by atoms with E-state index in [1.165, 1.54) is 11.1 Å². The van der Waals surface area contributed by atoms with Gasteiger partial charge in [0.1, 0.15) is 0 Å². The lowest BCUT2D eigenvalue weighted by Gasteiger charge is -2.49. The molecule has 0 N–H and O–H groups in total. The van der Waals surface area contributed by atoms with Gasteiger partial charge in [-0.2, -0.15) is 0 Å². The van der Waals surface area contributed by atoms with Gasteiger partial charge in [0.25, 0.3) is 0 Å². The minimum Gasteiger partial charge on any atom is -0.112 e. The minimum absolute atomic E-state index is 0.335. The highest BCUT2D eigenvalue weighted by atomic mass is 35.5. The summed E-state index contributed by atoms with van der Waals surface area (Å²) in [4.78, 5) is -0.669. The molecule has 0 spiro atoms. The van der Waals surface area contributed by atoms with E-state index in [9.17, 15) is 0 Å². The van der Waals surface area contributed by atoms with Crippen LogP contribution in [0.1, 0.15) is 27.7 Å². The summed E-state index contributed by atoms with van der Waals surface area (Å²) >= 11 is 12.3. The number of alkyl halides is 2. The molecule has 1 aliphatic carbocycles. The van der Waals surface area contributed by atoms with Crippen molar-refractivity contribution in [2.45, 2.75) is 37.4 Å². The van der Waals surface area contributed by atoms with Crippen molar-refractivity contribution in [2.24, 2.45) is 0 Å². The molecule has 2 atom stereocenters. The van der Waals surface area contributed by atoms with Crippen molar-refractivity contribution >= 4 is 23.2 Å². The molecule has 0 amide bonds. The van der Waals surface area contributed by atoms with Crippen LogP contribution < -0.4 is 0 Å². The smallest absolute Gasteiger partial charge is 0.0853 e. The molecule has 0 radical (unpaired) electrons. The van der Waals surface area contributed by atoms with Gasteiger partial charge in [-0.1, -0.05) is 0 Å². The highest BCUT2D eigenvalue weighted by Crippen LogP contribution is 2.55. The monoisotopic (exact) mass is 178 g/mol. The topological polar surface area (TPSA) is 0 Å². The Morgan fingerprint density at radius 3 is 1.20 bits per heavy atom. The number of hydrogen-bond acceptors (Lipinski definition) is 0. The molecule has 0 bridgehead atoms. The van der Waals surface area contributed by atoms with Crippen LogP contribution in [0.5, 0.6) is 0 Å². The fourth-order valence-electron chi connectivity index (χ4n) is 1.35. The van der Waals surface area contributed by atoms with E-state index in [-0.39, 0.29) is 9.75 Å². The maximum absolute atomic E-state index is 6.15. The van der Waals surface area contributed by atoms with Crippen molar-refractivity contribution in [1.29, 1.82) is 0 Å². The van der Waals surface area contributed by atoms with Crippen molar-refractivity contribution in [2.75, 3.05) is 0 Å². The SMILES string of the molecule is CC1=C(C)C(C)(Cl)C1(C)Cl. The zero-order valence-electron chi connectivity index (χ0n) is 6.76. The van der Waals surface area contributed by atoms with E-state index in [0.717, 1.165) is 0 Å². The van der Waals surface area contributed by atoms with Crippen LogP contribution in [0.25, 0.3) is 0 Å².